The molecule has 2 aliphatic rings. The fourth-order valence-electron chi connectivity index (χ4n) is 11.4. The Balaban J connectivity index is 1.05. The summed E-state index contributed by atoms with van der Waals surface area (Å²) in [4.78, 5) is 4.91. The predicted molar refractivity (Wildman–Crippen MR) is 285 cm³/mol. The van der Waals surface area contributed by atoms with Crippen LogP contribution in [0.2, 0.25) is 0 Å². The molecule has 0 radical (unpaired) electrons. The molecule has 0 saturated carbocycles. The molecule has 69 heavy (non-hydrogen) atoms. The van der Waals surface area contributed by atoms with E-state index in [1.807, 2.05) is 12.3 Å². The Bertz CT molecular complexity index is 3730. The van der Waals surface area contributed by atoms with Gasteiger partial charge in [0.05, 0.1) is 33.4 Å². The zero-order valence-corrected chi connectivity index (χ0v) is 41.6. The zero-order chi connectivity index (χ0) is 47.8. The third-order valence-electron chi connectivity index (χ3n) is 15.3. The van der Waals surface area contributed by atoms with E-state index in [2.05, 4.69) is 235 Å². The molecule has 10 aromatic rings. The smallest absolute Gasteiger partial charge is 0.269 e. The van der Waals surface area contributed by atoms with Crippen molar-refractivity contribution >= 4 is 32.8 Å². The van der Waals surface area contributed by atoms with E-state index in [4.69, 9.17) is 9.72 Å². The van der Waals surface area contributed by atoms with Crippen molar-refractivity contribution in [3.8, 4) is 62.1 Å². The second-order valence-electron chi connectivity index (χ2n) is 22.9. The van der Waals surface area contributed by atoms with Crippen molar-refractivity contribution in [3.63, 3.8) is 0 Å². The van der Waals surface area contributed by atoms with E-state index < -0.39 is 0 Å². The lowest BCUT2D eigenvalue weighted by Crippen LogP contribution is -2.35. The molecule has 12 rings (SSSR count). The number of imidazole rings is 1. The quantitative estimate of drug-likeness (QED) is 0.130. The lowest BCUT2D eigenvalue weighted by atomic mass is 9.62. The maximum atomic E-state index is 6.87. The molecular formula is C64H60N4O. The van der Waals surface area contributed by atoms with Crippen molar-refractivity contribution in [1.82, 2.24) is 14.1 Å². The molecule has 0 N–H and O–H groups in total. The maximum absolute atomic E-state index is 6.87. The number of hydrogen-bond donors (Lipinski definition) is 0. The van der Waals surface area contributed by atoms with Crippen molar-refractivity contribution < 1.29 is 9.30 Å². The summed E-state index contributed by atoms with van der Waals surface area (Å²) in [6.45, 7) is 23.5. The lowest BCUT2D eigenvalue weighted by molar-refractivity contribution is -0.572. The van der Waals surface area contributed by atoms with Crippen LogP contribution in [0.4, 0.5) is 0 Å². The van der Waals surface area contributed by atoms with E-state index in [-0.39, 0.29) is 21.7 Å². The van der Waals surface area contributed by atoms with Crippen LogP contribution in [0.5, 0.6) is 11.5 Å². The van der Waals surface area contributed by atoms with Crippen LogP contribution in [0.1, 0.15) is 104 Å². The average Bonchev–Trinajstić information content (AvgIpc) is 3.89. The Kier molecular flexibility index (Phi) is 9.44. The third kappa shape index (κ3) is 6.87. The number of ether oxygens (including phenoxy) is 1. The van der Waals surface area contributed by atoms with Gasteiger partial charge in [0.2, 0.25) is 0 Å². The maximum Gasteiger partial charge on any atom is 0.269 e. The van der Waals surface area contributed by atoms with Gasteiger partial charge in [-0.2, -0.15) is 0 Å². The molecule has 0 atom stereocenters. The molecule has 4 heterocycles. The number of fused-ring (bicyclic) bond motifs is 11. The highest BCUT2D eigenvalue weighted by Crippen LogP contribution is 2.52. The van der Waals surface area contributed by atoms with Crippen LogP contribution in [0.15, 0.2) is 158 Å². The van der Waals surface area contributed by atoms with Gasteiger partial charge in [-0.1, -0.05) is 160 Å². The summed E-state index contributed by atoms with van der Waals surface area (Å²) >= 11 is 0. The van der Waals surface area contributed by atoms with Gasteiger partial charge < -0.3 is 4.74 Å². The van der Waals surface area contributed by atoms with Crippen molar-refractivity contribution in [2.45, 2.75) is 104 Å². The molecule has 5 nitrogen and oxygen atoms in total. The molecule has 5 heteroatoms. The summed E-state index contributed by atoms with van der Waals surface area (Å²) in [7, 11) is 0. The van der Waals surface area contributed by atoms with Crippen LogP contribution < -0.4 is 9.30 Å². The van der Waals surface area contributed by atoms with Crippen LogP contribution in [0.25, 0.3) is 83.4 Å². The molecule has 7 aromatic carbocycles. The number of benzene rings is 7. The number of pyridine rings is 1. The summed E-state index contributed by atoms with van der Waals surface area (Å²) in [5, 5.41) is 2.34. The van der Waals surface area contributed by atoms with Gasteiger partial charge in [0, 0.05) is 23.0 Å². The van der Waals surface area contributed by atoms with Gasteiger partial charge in [-0.15, -0.1) is 0 Å². The molecule has 0 amide bonds. The van der Waals surface area contributed by atoms with Crippen molar-refractivity contribution in [3.05, 3.63) is 186 Å². The van der Waals surface area contributed by atoms with E-state index in [1.54, 1.807) is 0 Å². The largest absolute Gasteiger partial charge is 0.458 e. The summed E-state index contributed by atoms with van der Waals surface area (Å²) in [5.74, 6) is 2.39. The molecule has 1 aliphatic carbocycles. The lowest BCUT2D eigenvalue weighted by Gasteiger charge is -2.42. The first-order chi connectivity index (χ1) is 33.0. The molecule has 342 valence electrons. The SMILES string of the molecule is CC(C)(C)c1ccnc(-n2c3ccccc3c3ccc(Oc4cccc(-n5[c-][n+]6c7c(cccc75)-c5ccccc5-c5cc7c(cc5-c5cccc(C(C)(C)C)c5-6)C(C)(C)CCC7(C)C)c4)cc32)c1. The van der Waals surface area contributed by atoms with Crippen LogP contribution in [-0.2, 0) is 21.7 Å². The van der Waals surface area contributed by atoms with Crippen LogP contribution in [0.3, 0.4) is 0 Å². The van der Waals surface area contributed by atoms with Crippen molar-refractivity contribution in [1.29, 1.82) is 0 Å². The normalized spacial score (nSPS) is 14.9. The van der Waals surface area contributed by atoms with E-state index >= 15 is 0 Å². The Morgan fingerprint density at radius 2 is 1.14 bits per heavy atom. The number of hydrogen-bond acceptors (Lipinski definition) is 2. The van der Waals surface area contributed by atoms with Crippen LogP contribution in [0, 0.1) is 6.33 Å². The summed E-state index contributed by atoms with van der Waals surface area (Å²) < 4.78 is 13.7. The highest BCUT2D eigenvalue weighted by Gasteiger charge is 2.39. The average molecular weight is 901 g/mol. The Hall–Kier alpha value is -7.24. The molecule has 1 aliphatic heterocycles. The number of para-hydroxylation sites is 3. The predicted octanol–water partition coefficient (Wildman–Crippen LogP) is 16.3. The first-order valence-corrected chi connectivity index (χ1v) is 24.7. The van der Waals surface area contributed by atoms with Crippen LogP contribution >= 0.6 is 0 Å². The van der Waals surface area contributed by atoms with E-state index in [9.17, 15) is 0 Å². The Labute approximate surface area is 406 Å². The van der Waals surface area contributed by atoms with Gasteiger partial charge in [-0.3, -0.25) is 13.7 Å². The van der Waals surface area contributed by atoms with Crippen LogP contribution in [-0.4, -0.2) is 14.1 Å². The molecule has 0 bridgehead atoms. The molecule has 3 aromatic heterocycles. The summed E-state index contributed by atoms with van der Waals surface area (Å²) in [6, 6.07) is 55.6. The molecule has 0 unspecified atom stereocenters. The third-order valence-corrected chi connectivity index (χ3v) is 15.3. The van der Waals surface area contributed by atoms with Crippen molar-refractivity contribution in [2.24, 2.45) is 0 Å². The second kappa shape index (κ2) is 15.1. The standard InChI is InChI=1S/C64H60N4O/c1-61(2,3)40-30-33-65-58(34-40)68-55-26-14-13-22-46(55)47-29-28-43(36-57(47)68)69-42-19-15-18-41(35-42)66-39-67-59-49(23-16-25-52(59)62(4,5)6)51-38-54-53(63(7,8)31-32-64(54,9)10)37-50(51)45-21-12-11-20-44(45)48-24-17-27-56(66)60(48)67/h11-30,33-38H,31-32H2,1-10H3. The van der Waals surface area contributed by atoms with E-state index in [1.165, 1.54) is 66.7 Å². The van der Waals surface area contributed by atoms with Gasteiger partial charge >= 0.3 is 0 Å². The minimum Gasteiger partial charge on any atom is -0.458 e. The van der Waals surface area contributed by atoms with E-state index in [0.29, 0.717) is 0 Å². The molecule has 0 fully saturated rings. The van der Waals surface area contributed by atoms with Gasteiger partial charge in [-0.25, -0.2) is 4.98 Å². The number of nitrogens with zero attached hydrogens (tertiary/aromatic N) is 4. The minimum absolute atomic E-state index is 0.0165. The van der Waals surface area contributed by atoms with E-state index in [0.717, 1.165) is 63.3 Å². The second-order valence-corrected chi connectivity index (χ2v) is 22.9. The Morgan fingerprint density at radius 3 is 1.88 bits per heavy atom. The monoisotopic (exact) mass is 900 g/mol. The highest BCUT2D eigenvalue weighted by atomic mass is 16.5. The summed E-state index contributed by atoms with van der Waals surface area (Å²) in [5.41, 5.74) is 19.3. The van der Waals surface area contributed by atoms with Gasteiger partial charge in [0.1, 0.15) is 17.3 Å². The molecular weight excluding hydrogens is 841 g/mol. The number of rotatable bonds is 4. The number of aromatic nitrogens is 4. The Morgan fingerprint density at radius 1 is 0.536 bits per heavy atom. The zero-order valence-electron chi connectivity index (χ0n) is 41.6. The highest BCUT2D eigenvalue weighted by molar-refractivity contribution is 6.09. The fraction of sp³-hybridized carbons (Fsp3) is 0.250. The first kappa shape index (κ1) is 43.1. The minimum atomic E-state index is -0.169. The summed E-state index contributed by atoms with van der Waals surface area (Å²) in [6.07, 6.45) is 8.25. The van der Waals surface area contributed by atoms with Gasteiger partial charge in [-0.05, 0) is 145 Å². The fourth-order valence-corrected chi connectivity index (χ4v) is 11.4. The topological polar surface area (TPSA) is 35.9 Å². The van der Waals surface area contributed by atoms with Crippen molar-refractivity contribution in [2.75, 3.05) is 0 Å². The molecule has 0 spiro atoms. The first-order valence-electron chi connectivity index (χ1n) is 24.7. The molecule has 0 saturated heterocycles. The van der Waals surface area contributed by atoms with Gasteiger partial charge in [0.25, 0.3) is 6.33 Å². The van der Waals surface area contributed by atoms with Gasteiger partial charge in [0.15, 0.2) is 0 Å².